The summed E-state index contributed by atoms with van der Waals surface area (Å²) in [6.45, 7) is 0. The quantitative estimate of drug-likeness (QED) is 0.684. The molecule has 4 heteroatoms. The molecule has 0 radical (unpaired) electrons. The third-order valence-corrected chi connectivity index (χ3v) is 3.29. The Morgan fingerprint density at radius 3 is 2.67 bits per heavy atom. The van der Waals surface area contributed by atoms with Crippen LogP contribution in [0.4, 0.5) is 0 Å². The van der Waals surface area contributed by atoms with Crippen LogP contribution in [0.5, 0.6) is 5.75 Å². The molecule has 21 heavy (non-hydrogen) atoms. The Hall–Kier alpha value is -2.75. The first-order valence-electron chi connectivity index (χ1n) is 6.47. The van der Waals surface area contributed by atoms with Crippen molar-refractivity contribution in [1.82, 2.24) is 0 Å². The molecule has 0 amide bonds. The van der Waals surface area contributed by atoms with Crippen LogP contribution in [0.3, 0.4) is 0 Å². The minimum Gasteiger partial charge on any atom is -0.497 e. The molecule has 0 fully saturated rings. The second-order valence-corrected chi connectivity index (χ2v) is 4.59. The molecule has 4 nitrogen and oxygen atoms in total. The lowest BCUT2D eigenvalue weighted by Crippen LogP contribution is -1.99. The van der Waals surface area contributed by atoms with Crippen LogP contribution in [0, 0.1) is 0 Å². The van der Waals surface area contributed by atoms with Gasteiger partial charge >= 0.3 is 5.97 Å². The van der Waals surface area contributed by atoms with E-state index in [1.807, 2.05) is 30.3 Å². The highest BCUT2D eigenvalue weighted by atomic mass is 16.5. The van der Waals surface area contributed by atoms with Crippen LogP contribution >= 0.6 is 0 Å². The van der Waals surface area contributed by atoms with Gasteiger partial charge in [-0.2, -0.15) is 0 Å². The summed E-state index contributed by atoms with van der Waals surface area (Å²) >= 11 is 0. The average Bonchev–Trinajstić information content (AvgIpc) is 2.97. The van der Waals surface area contributed by atoms with Crippen LogP contribution < -0.4 is 4.74 Å². The van der Waals surface area contributed by atoms with Crippen LogP contribution in [0.25, 0.3) is 22.3 Å². The van der Waals surface area contributed by atoms with Crippen molar-refractivity contribution in [2.45, 2.75) is 0 Å². The largest absolute Gasteiger partial charge is 0.497 e. The molecule has 0 spiro atoms. The second kappa shape index (κ2) is 5.32. The van der Waals surface area contributed by atoms with Crippen molar-refractivity contribution in [3.8, 4) is 17.1 Å². The SMILES string of the molecule is COC(=O)c1ccc2oc(-c3cccc(OC)c3)cc2c1. The van der Waals surface area contributed by atoms with Gasteiger partial charge in [0.2, 0.25) is 0 Å². The van der Waals surface area contributed by atoms with Crippen LogP contribution in [-0.2, 0) is 4.74 Å². The third kappa shape index (κ3) is 2.48. The molecule has 3 aromatic rings. The van der Waals surface area contributed by atoms with E-state index in [0.29, 0.717) is 5.56 Å². The van der Waals surface area contributed by atoms with Crippen LogP contribution in [-0.4, -0.2) is 20.2 Å². The van der Waals surface area contributed by atoms with Gasteiger partial charge in [0.15, 0.2) is 0 Å². The fourth-order valence-electron chi connectivity index (χ4n) is 2.21. The molecular weight excluding hydrogens is 268 g/mol. The van der Waals surface area contributed by atoms with Gasteiger partial charge in [-0.3, -0.25) is 0 Å². The Morgan fingerprint density at radius 1 is 1.05 bits per heavy atom. The number of rotatable bonds is 3. The van der Waals surface area contributed by atoms with Gasteiger partial charge in [0, 0.05) is 10.9 Å². The molecule has 0 saturated heterocycles. The highest BCUT2D eigenvalue weighted by Crippen LogP contribution is 2.30. The molecule has 0 unspecified atom stereocenters. The number of hydrogen-bond donors (Lipinski definition) is 0. The highest BCUT2D eigenvalue weighted by molar-refractivity contribution is 5.95. The van der Waals surface area contributed by atoms with Gasteiger partial charge in [0.05, 0.1) is 19.8 Å². The van der Waals surface area contributed by atoms with Gasteiger partial charge in [0.1, 0.15) is 17.1 Å². The molecule has 0 atom stereocenters. The van der Waals surface area contributed by atoms with E-state index in [4.69, 9.17) is 13.9 Å². The lowest BCUT2D eigenvalue weighted by atomic mass is 10.1. The number of fused-ring (bicyclic) bond motifs is 1. The van der Waals surface area contributed by atoms with E-state index >= 15 is 0 Å². The lowest BCUT2D eigenvalue weighted by Gasteiger charge is -2.01. The Kier molecular flexibility index (Phi) is 3.36. The number of furan rings is 1. The number of carbonyl (C=O) groups is 1. The highest BCUT2D eigenvalue weighted by Gasteiger charge is 2.11. The first-order chi connectivity index (χ1) is 10.2. The van der Waals surface area contributed by atoms with Gasteiger partial charge in [-0.25, -0.2) is 4.79 Å². The van der Waals surface area contributed by atoms with E-state index in [0.717, 1.165) is 28.0 Å². The summed E-state index contributed by atoms with van der Waals surface area (Å²) < 4.78 is 15.7. The van der Waals surface area contributed by atoms with Crippen molar-refractivity contribution in [3.63, 3.8) is 0 Å². The van der Waals surface area contributed by atoms with Gasteiger partial charge in [0.25, 0.3) is 0 Å². The maximum atomic E-state index is 11.5. The zero-order valence-corrected chi connectivity index (χ0v) is 11.8. The Labute approximate surface area is 121 Å². The summed E-state index contributed by atoms with van der Waals surface area (Å²) in [5.74, 6) is 1.13. The molecular formula is C17H14O4. The molecule has 0 saturated carbocycles. The molecule has 1 aromatic heterocycles. The monoisotopic (exact) mass is 282 g/mol. The molecule has 2 aromatic carbocycles. The molecule has 0 aliphatic carbocycles. The molecule has 1 heterocycles. The number of ether oxygens (including phenoxy) is 2. The summed E-state index contributed by atoms with van der Waals surface area (Å²) in [5, 5.41) is 0.857. The first-order valence-corrected chi connectivity index (χ1v) is 6.47. The predicted molar refractivity (Wildman–Crippen MR) is 79.5 cm³/mol. The summed E-state index contributed by atoms with van der Waals surface area (Å²) in [4.78, 5) is 11.5. The molecule has 0 bridgehead atoms. The summed E-state index contributed by atoms with van der Waals surface area (Å²) in [5.41, 5.74) is 2.15. The minimum atomic E-state index is -0.360. The number of methoxy groups -OCH3 is 2. The Morgan fingerprint density at radius 2 is 1.90 bits per heavy atom. The zero-order valence-electron chi connectivity index (χ0n) is 11.8. The van der Waals surface area contributed by atoms with Crippen molar-refractivity contribution in [1.29, 1.82) is 0 Å². The van der Waals surface area contributed by atoms with Gasteiger partial charge in [-0.15, -0.1) is 0 Å². The molecule has 0 aliphatic heterocycles. The Balaban J connectivity index is 2.06. The number of esters is 1. The Bertz CT molecular complexity index is 801. The van der Waals surface area contributed by atoms with Crippen molar-refractivity contribution in [2.24, 2.45) is 0 Å². The van der Waals surface area contributed by atoms with E-state index < -0.39 is 0 Å². The fraction of sp³-hybridized carbons (Fsp3) is 0.118. The molecule has 0 aliphatic rings. The maximum Gasteiger partial charge on any atom is 0.337 e. The van der Waals surface area contributed by atoms with Crippen LogP contribution in [0.1, 0.15) is 10.4 Å². The van der Waals surface area contributed by atoms with Gasteiger partial charge in [-0.1, -0.05) is 12.1 Å². The van der Waals surface area contributed by atoms with Crippen molar-refractivity contribution < 1.29 is 18.7 Å². The van der Waals surface area contributed by atoms with E-state index in [9.17, 15) is 4.79 Å². The van der Waals surface area contributed by atoms with Gasteiger partial charge < -0.3 is 13.9 Å². The van der Waals surface area contributed by atoms with Crippen molar-refractivity contribution in [2.75, 3.05) is 14.2 Å². The normalized spacial score (nSPS) is 10.6. The fourth-order valence-corrected chi connectivity index (χ4v) is 2.21. The van der Waals surface area contributed by atoms with Crippen LogP contribution in [0.2, 0.25) is 0 Å². The molecule has 0 N–H and O–H groups in total. The number of hydrogen-bond acceptors (Lipinski definition) is 4. The average molecular weight is 282 g/mol. The van der Waals surface area contributed by atoms with Crippen molar-refractivity contribution in [3.05, 3.63) is 54.1 Å². The lowest BCUT2D eigenvalue weighted by molar-refractivity contribution is 0.0601. The smallest absolute Gasteiger partial charge is 0.337 e. The van der Waals surface area contributed by atoms with Gasteiger partial charge in [-0.05, 0) is 36.4 Å². The predicted octanol–water partition coefficient (Wildman–Crippen LogP) is 3.90. The van der Waals surface area contributed by atoms with E-state index in [2.05, 4.69) is 0 Å². The third-order valence-electron chi connectivity index (χ3n) is 3.29. The summed E-state index contributed by atoms with van der Waals surface area (Å²) in [6.07, 6.45) is 0. The summed E-state index contributed by atoms with van der Waals surface area (Å²) in [7, 11) is 2.99. The van der Waals surface area contributed by atoms with E-state index in [-0.39, 0.29) is 5.97 Å². The number of carbonyl (C=O) groups excluding carboxylic acids is 1. The number of benzene rings is 2. The summed E-state index contributed by atoms with van der Waals surface area (Å²) in [6, 6.07) is 14.7. The zero-order chi connectivity index (χ0) is 14.8. The van der Waals surface area contributed by atoms with E-state index in [1.165, 1.54) is 7.11 Å². The van der Waals surface area contributed by atoms with E-state index in [1.54, 1.807) is 25.3 Å². The molecule has 3 rings (SSSR count). The second-order valence-electron chi connectivity index (χ2n) is 4.59. The standard InChI is InChI=1S/C17H14O4/c1-19-14-5-3-4-11(9-14)16-10-13-8-12(17(18)20-2)6-7-15(13)21-16/h3-10H,1-2H3. The van der Waals surface area contributed by atoms with Crippen molar-refractivity contribution >= 4 is 16.9 Å². The maximum absolute atomic E-state index is 11.5. The minimum absolute atomic E-state index is 0.360. The molecule has 106 valence electrons. The first kappa shape index (κ1) is 13.2. The topological polar surface area (TPSA) is 48.7 Å². The van der Waals surface area contributed by atoms with Crippen LogP contribution in [0.15, 0.2) is 52.9 Å².